The summed E-state index contributed by atoms with van der Waals surface area (Å²) in [7, 11) is -10.7. The second kappa shape index (κ2) is 13.6. The lowest BCUT2D eigenvalue weighted by Gasteiger charge is -2.47. The number of ketones is 1. The van der Waals surface area contributed by atoms with E-state index in [9.17, 15) is 31.5 Å². The number of aliphatic hydroxyl groups is 1. The van der Waals surface area contributed by atoms with E-state index >= 15 is 0 Å². The van der Waals surface area contributed by atoms with E-state index in [0.717, 1.165) is 19.6 Å². The number of para-hydroxylation sites is 1. The molecule has 11 nitrogen and oxygen atoms in total. The highest BCUT2D eigenvalue weighted by molar-refractivity contribution is 7.87. The fraction of sp³-hybridized carbons (Fsp3) is 0.235. The SMILES string of the molecule is COC(=O)C(O)(c1ccc(OS(=O)(=O)c2ccc(C)cc2)cc1)C(O[Si](C)(C)C)(C(C)=O)c1ccccc1OS(=O)(=O)c1ccccc1. The van der Waals surface area contributed by atoms with E-state index in [1.807, 2.05) is 0 Å². The minimum absolute atomic E-state index is 0.0931. The highest BCUT2D eigenvalue weighted by atomic mass is 32.2. The molecule has 0 fully saturated rings. The number of esters is 1. The summed E-state index contributed by atoms with van der Waals surface area (Å²) in [5.74, 6) is -2.75. The third kappa shape index (κ3) is 7.22. The number of rotatable bonds is 13. The Balaban J connectivity index is 1.93. The van der Waals surface area contributed by atoms with Gasteiger partial charge in [0.05, 0.1) is 7.11 Å². The quantitative estimate of drug-likeness (QED) is 0.110. The third-order valence-electron chi connectivity index (χ3n) is 7.23. The van der Waals surface area contributed by atoms with E-state index in [2.05, 4.69) is 0 Å². The molecule has 0 spiro atoms. The molecule has 2 atom stereocenters. The van der Waals surface area contributed by atoms with Crippen molar-refractivity contribution in [3.63, 3.8) is 0 Å². The minimum atomic E-state index is -4.48. The summed E-state index contributed by atoms with van der Waals surface area (Å²) in [5.41, 5.74) is -5.28. The van der Waals surface area contributed by atoms with E-state index in [1.165, 1.54) is 84.9 Å². The first-order chi connectivity index (χ1) is 22.4. The van der Waals surface area contributed by atoms with Gasteiger partial charge in [0, 0.05) is 5.56 Å². The van der Waals surface area contributed by atoms with Gasteiger partial charge in [0.2, 0.25) is 5.60 Å². The zero-order valence-corrected chi connectivity index (χ0v) is 29.8. The third-order valence-corrected chi connectivity index (χ3v) is 10.7. The van der Waals surface area contributed by atoms with Crippen LogP contribution >= 0.6 is 0 Å². The van der Waals surface area contributed by atoms with Gasteiger partial charge in [0.25, 0.3) is 0 Å². The molecule has 0 amide bonds. The number of aryl methyl sites for hydroxylation is 1. The second-order valence-electron chi connectivity index (χ2n) is 11.9. The monoisotopic (exact) mass is 712 g/mol. The van der Waals surface area contributed by atoms with Gasteiger partial charge in [-0.15, -0.1) is 0 Å². The maximum Gasteiger partial charge on any atom is 0.346 e. The van der Waals surface area contributed by atoms with E-state index in [-0.39, 0.29) is 32.4 Å². The van der Waals surface area contributed by atoms with Crippen molar-refractivity contribution in [3.8, 4) is 11.5 Å². The summed E-state index contributed by atoms with van der Waals surface area (Å²) >= 11 is 0. The van der Waals surface area contributed by atoms with Crippen LogP contribution in [0.15, 0.2) is 113 Å². The van der Waals surface area contributed by atoms with Crippen molar-refractivity contribution in [2.45, 2.75) is 54.5 Å². The molecule has 4 rings (SSSR count). The molecule has 4 aromatic rings. The van der Waals surface area contributed by atoms with Gasteiger partial charge >= 0.3 is 26.2 Å². The first-order valence-corrected chi connectivity index (χ1v) is 20.8. The molecule has 0 aliphatic heterocycles. The van der Waals surface area contributed by atoms with Crippen molar-refractivity contribution in [2.75, 3.05) is 7.11 Å². The van der Waals surface area contributed by atoms with Crippen LogP contribution in [0.1, 0.15) is 23.6 Å². The van der Waals surface area contributed by atoms with Crippen LogP contribution in [0.5, 0.6) is 11.5 Å². The number of Topliss-reactive ketones (excluding diaryl/α,β-unsaturated/α-hetero) is 1. The standard InChI is InChI=1S/C34H36O11S2Si/c1-24-16-22-29(23-17-24)46(38,39)43-27-20-18-26(19-21-27)33(37,32(36)42-3)34(25(2)35,45-48(4,5)6)30-14-10-11-15-31(30)44-47(40,41)28-12-8-7-9-13-28/h7-23,37H,1-6H3. The molecular weight excluding hydrogens is 677 g/mol. The molecule has 0 saturated carbocycles. The van der Waals surface area contributed by atoms with Crippen LogP contribution in [-0.2, 0) is 50.2 Å². The summed E-state index contributed by atoms with van der Waals surface area (Å²) in [6, 6.07) is 23.5. The van der Waals surface area contributed by atoms with Gasteiger partial charge in [-0.3, -0.25) is 4.79 Å². The number of ether oxygens (including phenoxy) is 1. The van der Waals surface area contributed by atoms with E-state index < -0.39 is 51.5 Å². The molecule has 2 unspecified atom stereocenters. The predicted molar refractivity (Wildman–Crippen MR) is 179 cm³/mol. The Kier molecular flexibility index (Phi) is 10.4. The predicted octanol–water partition coefficient (Wildman–Crippen LogP) is 5.23. The zero-order valence-electron chi connectivity index (χ0n) is 27.2. The molecule has 0 aliphatic rings. The number of benzene rings is 4. The molecule has 14 heteroatoms. The number of carbonyl (C=O) groups excluding carboxylic acids is 2. The molecule has 0 bridgehead atoms. The van der Waals surface area contributed by atoms with Gasteiger partial charge in [0.15, 0.2) is 19.7 Å². The molecule has 0 aromatic heterocycles. The van der Waals surface area contributed by atoms with Crippen molar-refractivity contribution in [1.82, 2.24) is 0 Å². The Bertz CT molecular complexity index is 2010. The van der Waals surface area contributed by atoms with Crippen LogP contribution in [0.2, 0.25) is 19.6 Å². The maximum atomic E-state index is 14.0. The smallest absolute Gasteiger partial charge is 0.346 e. The largest absolute Gasteiger partial charge is 0.467 e. The summed E-state index contributed by atoms with van der Waals surface area (Å²) in [6.45, 7) is 8.01. The van der Waals surface area contributed by atoms with Crippen LogP contribution < -0.4 is 8.37 Å². The molecular formula is C34H36O11S2Si. The Morgan fingerprint density at radius 1 is 0.708 bits per heavy atom. The van der Waals surface area contributed by atoms with E-state index in [4.69, 9.17) is 17.5 Å². The summed E-state index contributed by atoms with van der Waals surface area (Å²) in [6.07, 6.45) is 0. The molecule has 4 aromatic carbocycles. The van der Waals surface area contributed by atoms with Crippen LogP contribution in [0.3, 0.4) is 0 Å². The highest BCUT2D eigenvalue weighted by Crippen LogP contribution is 2.50. The molecule has 254 valence electrons. The molecule has 48 heavy (non-hydrogen) atoms. The number of carbonyl (C=O) groups is 2. The number of hydrogen-bond acceptors (Lipinski definition) is 11. The van der Waals surface area contributed by atoms with Crippen molar-refractivity contribution in [2.24, 2.45) is 0 Å². The first-order valence-electron chi connectivity index (χ1n) is 14.6. The van der Waals surface area contributed by atoms with E-state index in [0.29, 0.717) is 0 Å². The fourth-order valence-corrected chi connectivity index (χ4v) is 8.35. The molecule has 0 heterocycles. The Morgan fingerprint density at radius 3 is 1.77 bits per heavy atom. The summed E-state index contributed by atoms with van der Waals surface area (Å²) in [5, 5.41) is 12.7. The van der Waals surface area contributed by atoms with Crippen LogP contribution in [0.25, 0.3) is 0 Å². The average Bonchev–Trinajstić information content (AvgIpc) is 3.03. The van der Waals surface area contributed by atoms with Crippen LogP contribution in [0.4, 0.5) is 0 Å². The zero-order chi connectivity index (χ0) is 35.5. The molecule has 0 radical (unpaired) electrons. The lowest BCUT2D eigenvalue weighted by molar-refractivity contribution is -0.200. The van der Waals surface area contributed by atoms with Crippen LogP contribution in [-0.4, -0.2) is 49.1 Å². The summed E-state index contributed by atoms with van der Waals surface area (Å²) < 4.78 is 75.0. The Labute approximate surface area is 281 Å². The van der Waals surface area contributed by atoms with Crippen molar-refractivity contribution in [1.29, 1.82) is 0 Å². The fourth-order valence-electron chi connectivity index (χ4n) is 5.13. The van der Waals surface area contributed by atoms with Crippen molar-refractivity contribution < 1.29 is 49.1 Å². The van der Waals surface area contributed by atoms with Gasteiger partial charge in [-0.25, -0.2) is 4.79 Å². The Morgan fingerprint density at radius 2 is 1.23 bits per heavy atom. The lowest BCUT2D eigenvalue weighted by Crippen LogP contribution is -2.63. The van der Waals surface area contributed by atoms with Gasteiger partial charge in [-0.1, -0.05) is 66.2 Å². The highest BCUT2D eigenvalue weighted by Gasteiger charge is 2.65. The Hall–Kier alpha value is -4.34. The van der Waals surface area contributed by atoms with Crippen molar-refractivity contribution >= 4 is 40.3 Å². The van der Waals surface area contributed by atoms with Crippen molar-refractivity contribution in [3.05, 3.63) is 120 Å². The minimum Gasteiger partial charge on any atom is -0.467 e. The second-order valence-corrected chi connectivity index (χ2v) is 19.4. The van der Waals surface area contributed by atoms with Crippen LogP contribution in [0, 0.1) is 6.92 Å². The average molecular weight is 713 g/mol. The molecule has 0 aliphatic carbocycles. The van der Waals surface area contributed by atoms with Gasteiger partial charge in [-0.05, 0) is 81.5 Å². The number of methoxy groups -OCH3 is 1. The van der Waals surface area contributed by atoms with Gasteiger partial charge in [-0.2, -0.15) is 16.8 Å². The van der Waals surface area contributed by atoms with Gasteiger partial charge < -0.3 is 22.6 Å². The lowest BCUT2D eigenvalue weighted by atomic mass is 9.70. The summed E-state index contributed by atoms with van der Waals surface area (Å²) in [4.78, 5) is 27.6. The molecule has 0 saturated heterocycles. The number of hydrogen-bond donors (Lipinski definition) is 1. The molecule has 1 N–H and O–H groups in total. The van der Waals surface area contributed by atoms with Gasteiger partial charge in [0.1, 0.15) is 21.3 Å². The topological polar surface area (TPSA) is 160 Å². The van der Waals surface area contributed by atoms with E-state index in [1.54, 1.807) is 44.8 Å². The normalized spacial score (nSPS) is 14.6. The first kappa shape index (κ1) is 36.5. The maximum absolute atomic E-state index is 14.0.